The Hall–Kier alpha value is -2.10. The van der Waals surface area contributed by atoms with Crippen LogP contribution in [0, 0.1) is 5.41 Å². The average molecular weight is 215 g/mol. The summed E-state index contributed by atoms with van der Waals surface area (Å²) in [7, 11) is 0. The van der Waals surface area contributed by atoms with Crippen LogP contribution in [0.15, 0.2) is 29.8 Å². The largest absolute Gasteiger partial charge is 0.370 e. The van der Waals surface area contributed by atoms with Gasteiger partial charge in [0, 0.05) is 5.57 Å². The monoisotopic (exact) mass is 215 g/mol. The molecule has 82 valence electrons. The van der Waals surface area contributed by atoms with Crippen LogP contribution < -0.4 is 11.1 Å². The van der Waals surface area contributed by atoms with E-state index >= 15 is 0 Å². The Morgan fingerprint density at radius 2 is 2.06 bits per heavy atom. The molecule has 0 aromatic heterocycles. The Bertz CT molecular complexity index is 477. The Morgan fingerprint density at radius 1 is 1.31 bits per heavy atom. The van der Waals surface area contributed by atoms with Crippen molar-refractivity contribution in [2.24, 2.45) is 5.73 Å². The molecule has 1 aliphatic carbocycles. The van der Waals surface area contributed by atoms with Gasteiger partial charge >= 0.3 is 0 Å². The predicted molar refractivity (Wildman–Crippen MR) is 62.8 cm³/mol. The van der Waals surface area contributed by atoms with Crippen molar-refractivity contribution in [2.75, 3.05) is 0 Å². The lowest BCUT2D eigenvalue weighted by Gasteiger charge is -2.15. The molecular weight excluding hydrogens is 202 g/mol. The third-order valence-corrected chi connectivity index (χ3v) is 2.59. The van der Waals surface area contributed by atoms with Crippen LogP contribution in [0.5, 0.6) is 0 Å². The van der Waals surface area contributed by atoms with E-state index in [0.717, 1.165) is 12.0 Å². The number of carbonyl (C=O) groups is 1. The molecule has 2 rings (SSSR count). The van der Waals surface area contributed by atoms with Gasteiger partial charge in [-0.2, -0.15) is 0 Å². The molecule has 4 heteroatoms. The summed E-state index contributed by atoms with van der Waals surface area (Å²) in [6, 6.07) is 7.98. The molecule has 0 atom stereocenters. The Kier molecular flexibility index (Phi) is 2.72. The fourth-order valence-electron chi connectivity index (χ4n) is 1.81. The van der Waals surface area contributed by atoms with Gasteiger partial charge in [0.05, 0.1) is 0 Å². The second-order valence-electron chi connectivity index (χ2n) is 3.74. The molecule has 0 radical (unpaired) electrons. The van der Waals surface area contributed by atoms with Crippen LogP contribution in [-0.2, 0) is 11.2 Å². The highest BCUT2D eigenvalue weighted by Crippen LogP contribution is 2.23. The first-order valence-electron chi connectivity index (χ1n) is 5.10. The number of amides is 1. The van der Waals surface area contributed by atoms with Gasteiger partial charge in [-0.05, 0) is 30.0 Å². The van der Waals surface area contributed by atoms with Gasteiger partial charge in [0.2, 0.25) is 0 Å². The summed E-state index contributed by atoms with van der Waals surface area (Å²) in [5.74, 6) is -0.591. The molecule has 0 unspecified atom stereocenters. The molecule has 1 aromatic carbocycles. The predicted octanol–water partition coefficient (Wildman–Crippen LogP) is 1.03. The van der Waals surface area contributed by atoms with Crippen molar-refractivity contribution in [3.8, 4) is 0 Å². The van der Waals surface area contributed by atoms with Crippen LogP contribution in [0.3, 0.4) is 0 Å². The number of hydrogen-bond acceptors (Lipinski definition) is 2. The normalized spacial score (nSPS) is 13.6. The summed E-state index contributed by atoms with van der Waals surface area (Å²) in [6.45, 7) is 0. The highest BCUT2D eigenvalue weighted by atomic mass is 16.1. The number of nitrogens with one attached hydrogen (secondary N) is 2. The molecule has 0 spiro atoms. The van der Waals surface area contributed by atoms with Gasteiger partial charge in [-0.1, -0.05) is 24.3 Å². The zero-order valence-corrected chi connectivity index (χ0v) is 8.79. The molecule has 4 nitrogen and oxygen atoms in total. The van der Waals surface area contributed by atoms with E-state index in [2.05, 4.69) is 11.4 Å². The van der Waals surface area contributed by atoms with Gasteiger partial charge in [0.1, 0.15) is 0 Å². The molecule has 16 heavy (non-hydrogen) atoms. The van der Waals surface area contributed by atoms with E-state index in [9.17, 15) is 4.79 Å². The quantitative estimate of drug-likeness (QED) is 0.483. The van der Waals surface area contributed by atoms with Crippen molar-refractivity contribution in [3.63, 3.8) is 0 Å². The van der Waals surface area contributed by atoms with Gasteiger partial charge < -0.3 is 5.73 Å². The lowest BCUT2D eigenvalue weighted by Crippen LogP contribution is -2.36. The maximum atomic E-state index is 11.6. The zero-order valence-electron chi connectivity index (χ0n) is 8.79. The Labute approximate surface area is 93.7 Å². The Balaban J connectivity index is 2.24. The van der Waals surface area contributed by atoms with Crippen molar-refractivity contribution < 1.29 is 4.79 Å². The smallest absolute Gasteiger partial charge is 0.253 e. The minimum atomic E-state index is -0.315. The highest BCUT2D eigenvalue weighted by molar-refractivity contribution is 6.06. The molecule has 0 saturated heterocycles. The summed E-state index contributed by atoms with van der Waals surface area (Å²) >= 11 is 0. The molecule has 0 bridgehead atoms. The number of carbonyl (C=O) groups excluding carboxylic acids is 1. The van der Waals surface area contributed by atoms with Gasteiger partial charge in [-0.3, -0.25) is 15.5 Å². The van der Waals surface area contributed by atoms with Crippen molar-refractivity contribution in [1.82, 2.24) is 5.32 Å². The topological polar surface area (TPSA) is 79.0 Å². The third kappa shape index (κ3) is 2.11. The van der Waals surface area contributed by atoms with Crippen LogP contribution in [0.25, 0.3) is 6.08 Å². The van der Waals surface area contributed by atoms with Crippen LogP contribution in [-0.4, -0.2) is 11.9 Å². The van der Waals surface area contributed by atoms with E-state index in [4.69, 9.17) is 11.1 Å². The number of rotatable bonds is 1. The van der Waals surface area contributed by atoms with Crippen molar-refractivity contribution >= 4 is 17.9 Å². The second kappa shape index (κ2) is 4.18. The first-order chi connectivity index (χ1) is 7.66. The van der Waals surface area contributed by atoms with Gasteiger partial charge in [0.15, 0.2) is 5.96 Å². The van der Waals surface area contributed by atoms with E-state index in [-0.39, 0.29) is 11.9 Å². The lowest BCUT2D eigenvalue weighted by molar-refractivity contribution is -0.116. The number of benzene rings is 1. The summed E-state index contributed by atoms with van der Waals surface area (Å²) in [5, 5.41) is 9.30. The minimum Gasteiger partial charge on any atom is -0.370 e. The average Bonchev–Trinajstić information content (AvgIpc) is 2.27. The molecule has 1 aliphatic rings. The SMILES string of the molecule is N=C(N)NC(=O)C1=Cc2ccccc2CC1. The summed E-state index contributed by atoms with van der Waals surface area (Å²) in [4.78, 5) is 11.6. The number of nitrogens with two attached hydrogens (primary N) is 1. The van der Waals surface area contributed by atoms with E-state index in [1.165, 1.54) is 5.56 Å². The summed E-state index contributed by atoms with van der Waals surface area (Å²) < 4.78 is 0. The molecular formula is C12H13N3O. The van der Waals surface area contributed by atoms with Crippen LogP contribution in [0.2, 0.25) is 0 Å². The molecule has 0 saturated carbocycles. The molecule has 1 amide bonds. The molecule has 0 heterocycles. The van der Waals surface area contributed by atoms with E-state index in [0.29, 0.717) is 12.0 Å². The maximum Gasteiger partial charge on any atom is 0.253 e. The third-order valence-electron chi connectivity index (χ3n) is 2.59. The molecule has 4 N–H and O–H groups in total. The first kappa shape index (κ1) is 10.4. The van der Waals surface area contributed by atoms with E-state index in [1.54, 1.807) is 0 Å². The van der Waals surface area contributed by atoms with Crippen molar-refractivity contribution in [2.45, 2.75) is 12.8 Å². The minimum absolute atomic E-state index is 0.276. The zero-order chi connectivity index (χ0) is 11.5. The van der Waals surface area contributed by atoms with Gasteiger partial charge in [-0.15, -0.1) is 0 Å². The van der Waals surface area contributed by atoms with Crippen molar-refractivity contribution in [1.29, 1.82) is 5.41 Å². The molecule has 0 fully saturated rings. The molecule has 0 aliphatic heterocycles. The maximum absolute atomic E-state index is 11.6. The van der Waals surface area contributed by atoms with Crippen LogP contribution in [0.1, 0.15) is 17.5 Å². The molecule has 1 aromatic rings. The van der Waals surface area contributed by atoms with Gasteiger partial charge in [0.25, 0.3) is 5.91 Å². The summed E-state index contributed by atoms with van der Waals surface area (Å²) in [6.07, 6.45) is 3.40. The van der Waals surface area contributed by atoms with Gasteiger partial charge in [-0.25, -0.2) is 0 Å². The number of guanidine groups is 1. The number of hydrogen-bond donors (Lipinski definition) is 3. The van der Waals surface area contributed by atoms with E-state index in [1.807, 2.05) is 24.3 Å². The fraction of sp³-hybridized carbons (Fsp3) is 0.167. The standard InChI is InChI=1S/C12H13N3O/c13-12(14)15-11(16)10-6-5-8-3-1-2-4-9(8)7-10/h1-4,7H,5-6H2,(H4,13,14,15,16). The van der Waals surface area contributed by atoms with Crippen molar-refractivity contribution in [3.05, 3.63) is 41.0 Å². The number of aryl methyl sites for hydroxylation is 1. The highest BCUT2D eigenvalue weighted by Gasteiger charge is 2.15. The van der Waals surface area contributed by atoms with Crippen LogP contribution >= 0.6 is 0 Å². The second-order valence-corrected chi connectivity index (χ2v) is 3.74. The first-order valence-corrected chi connectivity index (χ1v) is 5.10. The fourth-order valence-corrected chi connectivity index (χ4v) is 1.81. The summed E-state index contributed by atoms with van der Waals surface area (Å²) in [5.41, 5.74) is 8.12. The number of fused-ring (bicyclic) bond motifs is 1. The lowest BCUT2D eigenvalue weighted by atomic mass is 9.92. The van der Waals surface area contributed by atoms with Crippen LogP contribution in [0.4, 0.5) is 0 Å². The van der Waals surface area contributed by atoms with E-state index < -0.39 is 0 Å². The Morgan fingerprint density at radius 3 is 2.81 bits per heavy atom.